The second-order valence-corrected chi connectivity index (χ2v) is 7.97. The highest BCUT2D eigenvalue weighted by Crippen LogP contribution is 2.60. The number of carbonyl (C=O) groups excluding carboxylic acids is 2. The van der Waals surface area contributed by atoms with E-state index in [4.69, 9.17) is 9.47 Å². The van der Waals surface area contributed by atoms with Crippen LogP contribution in [0.1, 0.15) is 57.2 Å². The molecule has 3 aromatic rings. The second-order valence-electron chi connectivity index (χ2n) is 7.97. The summed E-state index contributed by atoms with van der Waals surface area (Å²) in [5.74, 6) is -2.65. The highest BCUT2D eigenvalue weighted by molar-refractivity contribution is 6.10. The van der Waals surface area contributed by atoms with Gasteiger partial charge in [-0.15, -0.1) is 0 Å². The molecule has 1 aliphatic heterocycles. The second kappa shape index (κ2) is 6.28. The first-order chi connectivity index (χ1) is 14.4. The summed E-state index contributed by atoms with van der Waals surface area (Å²) < 4.78 is 12.0. The summed E-state index contributed by atoms with van der Waals surface area (Å²) in [6, 6.07) is 20.5. The Morgan fingerprint density at radius 3 is 2.40 bits per heavy atom. The predicted octanol–water partition coefficient (Wildman–Crippen LogP) is 4.30. The normalized spacial score (nSPS) is 23.5. The molecule has 1 heterocycles. The first-order valence-corrected chi connectivity index (χ1v) is 9.87. The molecule has 3 aromatic carbocycles. The Balaban J connectivity index is 1.71. The Morgan fingerprint density at radius 2 is 1.67 bits per heavy atom. The van der Waals surface area contributed by atoms with Gasteiger partial charge in [-0.2, -0.15) is 0 Å². The number of benzene rings is 3. The fourth-order valence-corrected chi connectivity index (χ4v) is 4.29. The van der Waals surface area contributed by atoms with Gasteiger partial charge >= 0.3 is 11.8 Å². The van der Waals surface area contributed by atoms with Crippen LogP contribution in [0, 0.1) is 0 Å². The number of esters is 1. The molecule has 0 bridgehead atoms. The van der Waals surface area contributed by atoms with Crippen LogP contribution < -0.4 is 4.74 Å². The number of hydrogen-bond acceptors (Lipinski definition) is 5. The number of Topliss-reactive ketones (excluding diaryl/α,β-unsaturated/α-hetero) is 1. The Hall–Kier alpha value is -3.44. The SMILES string of the molecule is CC(C)c1ccc2c(c1)OC1(OC(=O)c3ccccc3)c3ccccc3C(=O)C21O. The zero-order valence-corrected chi connectivity index (χ0v) is 16.6. The summed E-state index contributed by atoms with van der Waals surface area (Å²) in [6.45, 7) is 4.08. The third kappa shape index (κ3) is 2.27. The summed E-state index contributed by atoms with van der Waals surface area (Å²) in [7, 11) is 0. The molecule has 0 aromatic heterocycles. The van der Waals surface area contributed by atoms with Gasteiger partial charge in [0.05, 0.1) is 11.1 Å². The van der Waals surface area contributed by atoms with Gasteiger partial charge in [0, 0.05) is 11.1 Å². The monoisotopic (exact) mass is 400 g/mol. The van der Waals surface area contributed by atoms with E-state index in [1.165, 1.54) is 0 Å². The van der Waals surface area contributed by atoms with E-state index in [9.17, 15) is 14.7 Å². The lowest BCUT2D eigenvalue weighted by molar-refractivity contribution is -0.224. The minimum absolute atomic E-state index is 0.222. The quantitative estimate of drug-likeness (QED) is 0.664. The number of fused-ring (bicyclic) bond motifs is 5. The molecule has 0 fully saturated rings. The summed E-state index contributed by atoms with van der Waals surface area (Å²) in [6.07, 6.45) is 0. The lowest BCUT2D eigenvalue weighted by atomic mass is 9.86. The van der Waals surface area contributed by atoms with Crippen LogP contribution in [0.4, 0.5) is 0 Å². The maximum atomic E-state index is 13.4. The highest BCUT2D eigenvalue weighted by Gasteiger charge is 2.73. The van der Waals surface area contributed by atoms with Crippen molar-refractivity contribution < 1.29 is 24.2 Å². The van der Waals surface area contributed by atoms with Gasteiger partial charge in [0.15, 0.2) is 0 Å². The Labute approximate surface area is 173 Å². The predicted molar refractivity (Wildman–Crippen MR) is 109 cm³/mol. The van der Waals surface area contributed by atoms with E-state index in [1.807, 2.05) is 19.9 Å². The van der Waals surface area contributed by atoms with Crippen molar-refractivity contribution in [2.45, 2.75) is 31.2 Å². The zero-order valence-electron chi connectivity index (χ0n) is 16.6. The van der Waals surface area contributed by atoms with Gasteiger partial charge in [-0.1, -0.05) is 68.4 Å². The van der Waals surface area contributed by atoms with Crippen LogP contribution in [0.3, 0.4) is 0 Å². The van der Waals surface area contributed by atoms with Crippen LogP contribution in [-0.4, -0.2) is 16.9 Å². The number of hydrogen-bond donors (Lipinski definition) is 1. The van der Waals surface area contributed by atoms with Crippen LogP contribution in [0.15, 0.2) is 72.8 Å². The maximum absolute atomic E-state index is 13.4. The molecule has 2 unspecified atom stereocenters. The molecule has 0 saturated carbocycles. The first kappa shape index (κ1) is 18.6. The molecule has 1 aliphatic carbocycles. The van der Waals surface area contributed by atoms with E-state index >= 15 is 0 Å². The van der Waals surface area contributed by atoms with Crippen molar-refractivity contribution in [3.63, 3.8) is 0 Å². The van der Waals surface area contributed by atoms with E-state index in [0.29, 0.717) is 22.4 Å². The van der Waals surface area contributed by atoms with E-state index < -0.39 is 23.1 Å². The van der Waals surface area contributed by atoms with Gasteiger partial charge in [-0.05, 0) is 29.7 Å². The van der Waals surface area contributed by atoms with Crippen molar-refractivity contribution in [1.29, 1.82) is 0 Å². The van der Waals surface area contributed by atoms with E-state index in [0.717, 1.165) is 5.56 Å². The van der Waals surface area contributed by atoms with Crippen LogP contribution in [0.2, 0.25) is 0 Å². The van der Waals surface area contributed by atoms with Crippen molar-refractivity contribution in [2.24, 2.45) is 0 Å². The molecule has 0 radical (unpaired) electrons. The molecule has 0 amide bonds. The molecule has 2 aliphatic rings. The molecule has 150 valence electrons. The minimum atomic E-state index is -2.16. The van der Waals surface area contributed by atoms with Crippen LogP contribution in [0.5, 0.6) is 5.75 Å². The number of aliphatic hydroxyl groups is 1. The maximum Gasteiger partial charge on any atom is 0.341 e. The van der Waals surface area contributed by atoms with Crippen molar-refractivity contribution >= 4 is 11.8 Å². The van der Waals surface area contributed by atoms with Gasteiger partial charge < -0.3 is 14.6 Å². The van der Waals surface area contributed by atoms with Gasteiger partial charge in [-0.3, -0.25) is 4.79 Å². The Morgan fingerprint density at radius 1 is 0.967 bits per heavy atom. The van der Waals surface area contributed by atoms with Crippen LogP contribution in [-0.2, 0) is 16.1 Å². The Bertz CT molecular complexity index is 1180. The van der Waals surface area contributed by atoms with Gasteiger partial charge in [-0.25, -0.2) is 4.79 Å². The van der Waals surface area contributed by atoms with Gasteiger partial charge in [0.2, 0.25) is 11.4 Å². The molecule has 1 N–H and O–H groups in total. The molecular formula is C25H20O5. The summed E-state index contributed by atoms with van der Waals surface area (Å²) in [5.41, 5.74) is 0.0416. The number of ketones is 1. The molecule has 0 saturated heterocycles. The molecule has 2 atom stereocenters. The van der Waals surface area contributed by atoms with Crippen molar-refractivity contribution in [2.75, 3.05) is 0 Å². The zero-order chi connectivity index (χ0) is 21.1. The smallest absolute Gasteiger partial charge is 0.341 e. The molecular weight excluding hydrogens is 380 g/mol. The lowest BCUT2D eigenvalue weighted by Gasteiger charge is -2.33. The lowest BCUT2D eigenvalue weighted by Crippen LogP contribution is -2.51. The topological polar surface area (TPSA) is 72.8 Å². The highest BCUT2D eigenvalue weighted by atomic mass is 16.7. The molecule has 5 nitrogen and oxygen atoms in total. The average Bonchev–Trinajstić information content (AvgIpc) is 3.12. The number of rotatable bonds is 3. The van der Waals surface area contributed by atoms with Crippen molar-refractivity contribution in [1.82, 2.24) is 0 Å². The number of ether oxygens (including phenoxy) is 2. The summed E-state index contributed by atoms with van der Waals surface area (Å²) in [5, 5.41) is 11.8. The van der Waals surface area contributed by atoms with Crippen molar-refractivity contribution in [3.8, 4) is 5.75 Å². The van der Waals surface area contributed by atoms with Gasteiger partial charge in [0.25, 0.3) is 0 Å². The standard InChI is InChI=1S/C25H20O5/c1-15(2)17-12-13-20-21(14-17)29-25(30-23(27)16-8-4-3-5-9-16)19-11-7-6-10-18(19)22(26)24(20,25)28/h3-15,28H,1-2H3. The summed E-state index contributed by atoms with van der Waals surface area (Å²) >= 11 is 0. The van der Waals surface area contributed by atoms with E-state index in [-0.39, 0.29) is 11.5 Å². The third-order valence-corrected chi connectivity index (χ3v) is 5.89. The molecule has 30 heavy (non-hydrogen) atoms. The van der Waals surface area contributed by atoms with Crippen LogP contribution >= 0.6 is 0 Å². The Kier molecular flexibility index (Phi) is 3.89. The fourth-order valence-electron chi connectivity index (χ4n) is 4.29. The van der Waals surface area contributed by atoms with Gasteiger partial charge in [0.1, 0.15) is 5.75 Å². The minimum Gasteiger partial charge on any atom is -0.444 e. The summed E-state index contributed by atoms with van der Waals surface area (Å²) in [4.78, 5) is 26.4. The fraction of sp³-hybridized carbons (Fsp3) is 0.200. The third-order valence-electron chi connectivity index (χ3n) is 5.89. The largest absolute Gasteiger partial charge is 0.444 e. The van der Waals surface area contributed by atoms with E-state index in [1.54, 1.807) is 66.7 Å². The number of carbonyl (C=O) groups is 2. The van der Waals surface area contributed by atoms with E-state index in [2.05, 4.69) is 0 Å². The molecule has 5 rings (SSSR count). The van der Waals surface area contributed by atoms with Crippen molar-refractivity contribution in [3.05, 3.63) is 101 Å². The van der Waals surface area contributed by atoms with Crippen LogP contribution in [0.25, 0.3) is 0 Å². The molecule has 5 heteroatoms. The first-order valence-electron chi connectivity index (χ1n) is 9.87. The average molecular weight is 400 g/mol. The molecule has 0 spiro atoms.